The van der Waals surface area contributed by atoms with Crippen LogP contribution in [-0.2, 0) is 4.79 Å². The summed E-state index contributed by atoms with van der Waals surface area (Å²) in [5.41, 5.74) is 0.835. The average Bonchev–Trinajstić information content (AvgIpc) is 2.81. The Morgan fingerprint density at radius 2 is 1.61 bits per heavy atom. The van der Waals surface area contributed by atoms with Gasteiger partial charge in [-0.1, -0.05) is 24.3 Å². The number of carbonyl (C=O) groups is 3. The van der Waals surface area contributed by atoms with Crippen molar-refractivity contribution in [3.63, 3.8) is 0 Å². The van der Waals surface area contributed by atoms with Crippen molar-refractivity contribution in [2.24, 2.45) is 23.7 Å². The minimum atomic E-state index is -0.828. The first-order valence-electron chi connectivity index (χ1n) is 7.94. The second-order valence-electron chi connectivity index (χ2n) is 6.58. The number of aliphatic carboxylic acids is 1. The number of carbonyl (C=O) groups excluding carboxylic acids is 2. The molecule has 0 spiro atoms. The van der Waals surface area contributed by atoms with E-state index in [1.54, 1.807) is 24.3 Å². The molecule has 5 heteroatoms. The van der Waals surface area contributed by atoms with Gasteiger partial charge in [0.1, 0.15) is 0 Å². The zero-order valence-electron chi connectivity index (χ0n) is 12.5. The number of allylic oxidation sites excluding steroid dienone is 2. The molecule has 1 saturated carbocycles. The van der Waals surface area contributed by atoms with Crippen molar-refractivity contribution in [1.82, 2.24) is 4.90 Å². The van der Waals surface area contributed by atoms with Crippen molar-refractivity contribution in [1.29, 1.82) is 0 Å². The third-order valence-corrected chi connectivity index (χ3v) is 5.47. The van der Waals surface area contributed by atoms with Crippen LogP contribution in [0.4, 0.5) is 0 Å². The van der Waals surface area contributed by atoms with Crippen molar-refractivity contribution >= 4 is 17.8 Å². The Hall–Kier alpha value is -2.43. The number of nitrogens with zero attached hydrogens (tertiary/aromatic N) is 1. The average molecular weight is 311 g/mol. The summed E-state index contributed by atoms with van der Waals surface area (Å²) in [6.45, 7) is 0.189. The molecule has 0 aromatic heterocycles. The molecule has 23 heavy (non-hydrogen) atoms. The highest BCUT2D eigenvalue weighted by Gasteiger charge is 2.47. The fourth-order valence-electron chi connectivity index (χ4n) is 4.33. The van der Waals surface area contributed by atoms with Gasteiger partial charge in [-0.2, -0.15) is 0 Å². The number of rotatable bonds is 3. The van der Waals surface area contributed by atoms with Crippen LogP contribution >= 0.6 is 0 Å². The zero-order valence-corrected chi connectivity index (χ0v) is 12.5. The van der Waals surface area contributed by atoms with Crippen LogP contribution in [0.1, 0.15) is 33.6 Å². The van der Waals surface area contributed by atoms with Gasteiger partial charge in [0.25, 0.3) is 11.8 Å². The van der Waals surface area contributed by atoms with E-state index in [4.69, 9.17) is 0 Å². The van der Waals surface area contributed by atoms with Crippen molar-refractivity contribution in [2.75, 3.05) is 6.54 Å². The molecule has 2 amide bonds. The van der Waals surface area contributed by atoms with Crippen molar-refractivity contribution in [2.45, 2.75) is 12.8 Å². The molecule has 5 rings (SSSR count). The fourth-order valence-corrected chi connectivity index (χ4v) is 4.33. The zero-order chi connectivity index (χ0) is 16.1. The SMILES string of the molecule is O=C(O)C1C2C=CC(CC2)C1CN1C(=O)c2ccccc2C1=O. The standard InChI is InChI=1S/C18H17NO4/c20-16-12-3-1-2-4-13(12)17(21)19(16)9-14-10-5-7-11(8-6-10)15(14)18(22)23/h1-5,7,10-11,14-15H,6,8-9H2,(H,22,23). The molecule has 1 N–H and O–H groups in total. The topological polar surface area (TPSA) is 74.7 Å². The molecule has 4 aliphatic rings. The Morgan fingerprint density at radius 3 is 2.13 bits per heavy atom. The van der Waals surface area contributed by atoms with Gasteiger partial charge in [0.05, 0.1) is 17.0 Å². The molecule has 5 nitrogen and oxygen atoms in total. The minimum absolute atomic E-state index is 0.0117. The first-order valence-corrected chi connectivity index (χ1v) is 7.94. The molecular weight excluding hydrogens is 294 g/mol. The minimum Gasteiger partial charge on any atom is -0.481 e. The highest BCUT2D eigenvalue weighted by Crippen LogP contribution is 2.45. The lowest BCUT2D eigenvalue weighted by atomic mass is 9.62. The Labute approximate surface area is 133 Å². The largest absolute Gasteiger partial charge is 0.481 e. The normalized spacial score (nSPS) is 31.6. The van der Waals surface area contributed by atoms with Crippen LogP contribution in [0.25, 0.3) is 0 Å². The lowest BCUT2D eigenvalue weighted by molar-refractivity contribution is -0.148. The van der Waals surface area contributed by atoms with E-state index in [1.165, 1.54) is 4.90 Å². The summed E-state index contributed by atoms with van der Waals surface area (Å²) in [6.07, 6.45) is 5.86. The number of hydrogen-bond acceptors (Lipinski definition) is 3. The van der Waals surface area contributed by atoms with Crippen LogP contribution in [0, 0.1) is 23.7 Å². The van der Waals surface area contributed by atoms with Gasteiger partial charge < -0.3 is 5.11 Å². The van der Waals surface area contributed by atoms with Gasteiger partial charge in [-0.15, -0.1) is 0 Å². The summed E-state index contributed by atoms with van der Waals surface area (Å²) >= 11 is 0. The Morgan fingerprint density at radius 1 is 1.04 bits per heavy atom. The highest BCUT2D eigenvalue weighted by molar-refractivity contribution is 6.21. The molecule has 4 atom stereocenters. The maximum Gasteiger partial charge on any atom is 0.307 e. The molecule has 0 radical (unpaired) electrons. The smallest absolute Gasteiger partial charge is 0.307 e. The summed E-state index contributed by atoms with van der Waals surface area (Å²) in [5, 5.41) is 9.59. The van der Waals surface area contributed by atoms with Crippen LogP contribution in [0.15, 0.2) is 36.4 Å². The summed E-state index contributed by atoms with van der Waals surface area (Å²) in [7, 11) is 0. The van der Waals surface area contributed by atoms with Gasteiger partial charge in [-0.05, 0) is 42.7 Å². The van der Waals surface area contributed by atoms with Gasteiger partial charge >= 0.3 is 5.97 Å². The monoisotopic (exact) mass is 311 g/mol. The highest BCUT2D eigenvalue weighted by atomic mass is 16.4. The molecule has 4 unspecified atom stereocenters. The lowest BCUT2D eigenvalue weighted by Gasteiger charge is -2.43. The molecular formula is C18H17NO4. The number of hydrogen-bond donors (Lipinski definition) is 1. The summed E-state index contributed by atoms with van der Waals surface area (Å²) in [6, 6.07) is 6.77. The van der Waals surface area contributed by atoms with Crippen LogP contribution in [-0.4, -0.2) is 34.3 Å². The van der Waals surface area contributed by atoms with E-state index in [0.29, 0.717) is 11.1 Å². The fraction of sp³-hybridized carbons (Fsp3) is 0.389. The molecule has 2 bridgehead atoms. The molecule has 1 aromatic carbocycles. The van der Waals surface area contributed by atoms with Crippen LogP contribution in [0.5, 0.6) is 0 Å². The number of carboxylic acid groups (broad SMARTS) is 1. The van der Waals surface area contributed by atoms with E-state index in [0.717, 1.165) is 12.8 Å². The number of imide groups is 1. The lowest BCUT2D eigenvalue weighted by Crippen LogP contribution is -2.48. The van der Waals surface area contributed by atoms with Gasteiger partial charge in [0.2, 0.25) is 0 Å². The van der Waals surface area contributed by atoms with E-state index in [1.807, 2.05) is 6.08 Å². The maximum atomic E-state index is 12.5. The Balaban J connectivity index is 1.64. The van der Waals surface area contributed by atoms with Gasteiger partial charge in [0, 0.05) is 6.54 Å². The third-order valence-electron chi connectivity index (χ3n) is 5.47. The van der Waals surface area contributed by atoms with Crippen molar-refractivity contribution in [3.8, 4) is 0 Å². The number of amides is 2. The predicted molar refractivity (Wildman–Crippen MR) is 81.8 cm³/mol. The summed E-state index contributed by atoms with van der Waals surface area (Å²) in [4.78, 5) is 37.9. The second-order valence-corrected chi connectivity index (χ2v) is 6.58. The first-order chi connectivity index (χ1) is 11.1. The van der Waals surface area contributed by atoms with Crippen LogP contribution < -0.4 is 0 Å². The maximum absolute atomic E-state index is 12.5. The summed E-state index contributed by atoms with van der Waals surface area (Å²) < 4.78 is 0. The van der Waals surface area contributed by atoms with E-state index >= 15 is 0 Å². The van der Waals surface area contributed by atoms with Gasteiger partial charge in [-0.3, -0.25) is 19.3 Å². The molecule has 118 valence electrons. The van der Waals surface area contributed by atoms with Crippen LogP contribution in [0.2, 0.25) is 0 Å². The molecule has 0 saturated heterocycles. The van der Waals surface area contributed by atoms with Gasteiger partial charge in [0.15, 0.2) is 0 Å². The van der Waals surface area contributed by atoms with Crippen molar-refractivity contribution < 1.29 is 19.5 Å². The Bertz CT molecular complexity index is 703. The van der Waals surface area contributed by atoms with Crippen LogP contribution in [0.3, 0.4) is 0 Å². The summed E-state index contributed by atoms with van der Waals surface area (Å²) in [5.74, 6) is -2.00. The van der Waals surface area contributed by atoms with E-state index < -0.39 is 11.9 Å². The molecule has 1 aromatic rings. The predicted octanol–water partition coefficient (Wildman–Crippen LogP) is 2.20. The molecule has 3 aliphatic carbocycles. The van der Waals surface area contributed by atoms with Crippen molar-refractivity contribution in [3.05, 3.63) is 47.5 Å². The third kappa shape index (κ3) is 2.03. The quantitative estimate of drug-likeness (QED) is 0.686. The second kappa shape index (κ2) is 5.05. The number of benzene rings is 1. The number of fused-ring (bicyclic) bond motifs is 3. The molecule has 1 heterocycles. The Kier molecular flexibility index (Phi) is 3.11. The first kappa shape index (κ1) is 14.2. The molecule has 1 aliphatic heterocycles. The van der Waals surface area contributed by atoms with E-state index in [9.17, 15) is 19.5 Å². The van der Waals surface area contributed by atoms with E-state index in [2.05, 4.69) is 6.08 Å². The van der Waals surface area contributed by atoms with E-state index in [-0.39, 0.29) is 36.1 Å². The van der Waals surface area contributed by atoms with Gasteiger partial charge in [-0.25, -0.2) is 0 Å². The number of carboxylic acids is 1. The molecule has 1 fully saturated rings.